The third kappa shape index (κ3) is 4.33. The Hall–Kier alpha value is -2.98. The highest BCUT2D eigenvalue weighted by Crippen LogP contribution is 2.28. The van der Waals surface area contributed by atoms with Crippen molar-refractivity contribution in [1.29, 1.82) is 0 Å². The highest BCUT2D eigenvalue weighted by Gasteiger charge is 2.23. The van der Waals surface area contributed by atoms with Crippen LogP contribution in [0, 0.1) is 0 Å². The number of carbonyl (C=O) groups is 1. The van der Waals surface area contributed by atoms with Gasteiger partial charge in [0.2, 0.25) is 0 Å². The summed E-state index contributed by atoms with van der Waals surface area (Å²) in [7, 11) is 1.34. The van der Waals surface area contributed by atoms with Crippen LogP contribution in [0.5, 0.6) is 0 Å². The summed E-state index contributed by atoms with van der Waals surface area (Å²) in [6.07, 6.45) is 2.70. The maximum absolute atomic E-state index is 12.3. The van der Waals surface area contributed by atoms with E-state index in [4.69, 9.17) is 16.3 Å². The van der Waals surface area contributed by atoms with E-state index >= 15 is 0 Å². The summed E-state index contributed by atoms with van der Waals surface area (Å²) in [5.74, 6) is 0.842. The number of methoxy groups -OCH3 is 1. The smallest absolute Gasteiger partial charge is 0.357 e. The van der Waals surface area contributed by atoms with E-state index < -0.39 is 5.97 Å². The molecule has 0 fully saturated rings. The van der Waals surface area contributed by atoms with Crippen LogP contribution in [-0.4, -0.2) is 47.8 Å². The average molecular weight is 519 g/mol. The predicted molar refractivity (Wildman–Crippen MR) is 123 cm³/mol. The van der Waals surface area contributed by atoms with Crippen molar-refractivity contribution in [2.45, 2.75) is 32.7 Å². The van der Waals surface area contributed by atoms with E-state index in [1.165, 1.54) is 7.11 Å². The van der Waals surface area contributed by atoms with Gasteiger partial charge in [0.25, 0.3) is 0 Å². The van der Waals surface area contributed by atoms with E-state index in [0.717, 1.165) is 46.6 Å². The number of halogens is 2. The number of carbonyl (C=O) groups excluding carboxylic acids is 1. The van der Waals surface area contributed by atoms with Crippen molar-refractivity contribution in [3.8, 4) is 17.2 Å². The number of H-pyrrole nitrogens is 1. The Kier molecular flexibility index (Phi) is 6.71. The second kappa shape index (κ2) is 9.66. The highest BCUT2D eigenvalue weighted by molar-refractivity contribution is 9.10. The molecule has 4 rings (SSSR count). The van der Waals surface area contributed by atoms with Gasteiger partial charge in [0, 0.05) is 18.7 Å². The molecule has 0 saturated heterocycles. The molecule has 1 aromatic carbocycles. The van der Waals surface area contributed by atoms with Crippen LogP contribution >= 0.6 is 27.5 Å². The largest absolute Gasteiger partial charge is 0.464 e. The lowest BCUT2D eigenvalue weighted by atomic mass is 10.2. The number of tetrazole rings is 1. The quantitative estimate of drug-likeness (QED) is 0.346. The van der Waals surface area contributed by atoms with Crippen molar-refractivity contribution in [2.75, 3.05) is 7.11 Å². The van der Waals surface area contributed by atoms with Gasteiger partial charge in [-0.2, -0.15) is 0 Å². The summed E-state index contributed by atoms with van der Waals surface area (Å²) in [5, 5.41) is 14.3. The Balaban J connectivity index is 1.66. The molecule has 0 spiro atoms. The summed E-state index contributed by atoms with van der Waals surface area (Å²) in [5.41, 5.74) is 3.03. The van der Waals surface area contributed by atoms with Crippen LogP contribution in [0.3, 0.4) is 0 Å². The molecule has 1 N–H and O–H groups in total. The van der Waals surface area contributed by atoms with Crippen LogP contribution in [0.15, 0.2) is 41.0 Å². The van der Waals surface area contributed by atoms with Crippen molar-refractivity contribution in [3.63, 3.8) is 0 Å². The fourth-order valence-electron chi connectivity index (χ4n) is 3.51. The number of esters is 1. The van der Waals surface area contributed by atoms with E-state index in [-0.39, 0.29) is 10.8 Å². The number of ether oxygens (including phenoxy) is 1. The fourth-order valence-corrected chi connectivity index (χ4v) is 4.32. The molecular formula is C21H21BrClN7O2. The number of aromatic amines is 1. The summed E-state index contributed by atoms with van der Waals surface area (Å²) >= 11 is 9.87. The van der Waals surface area contributed by atoms with Gasteiger partial charge >= 0.3 is 5.97 Å². The van der Waals surface area contributed by atoms with Crippen LogP contribution in [0.25, 0.3) is 17.2 Å². The van der Waals surface area contributed by atoms with Crippen molar-refractivity contribution in [2.24, 2.45) is 0 Å². The Morgan fingerprint density at radius 3 is 2.66 bits per heavy atom. The number of nitrogens with one attached hydrogen (secondary N) is 1. The molecule has 32 heavy (non-hydrogen) atoms. The Labute approximate surface area is 197 Å². The van der Waals surface area contributed by atoms with E-state index in [1.54, 1.807) is 0 Å². The predicted octanol–water partition coefficient (Wildman–Crippen LogP) is 4.45. The van der Waals surface area contributed by atoms with E-state index in [0.29, 0.717) is 12.4 Å². The van der Waals surface area contributed by atoms with Crippen LogP contribution in [0.4, 0.5) is 0 Å². The lowest BCUT2D eigenvalue weighted by Crippen LogP contribution is -2.14. The van der Waals surface area contributed by atoms with Gasteiger partial charge in [0.05, 0.1) is 17.4 Å². The molecule has 0 aliphatic rings. The van der Waals surface area contributed by atoms with Gasteiger partial charge in [-0.3, -0.25) is 0 Å². The highest BCUT2D eigenvalue weighted by atomic mass is 79.9. The van der Waals surface area contributed by atoms with Gasteiger partial charge in [-0.1, -0.05) is 37.1 Å². The molecule has 0 saturated carbocycles. The van der Waals surface area contributed by atoms with E-state index in [9.17, 15) is 4.79 Å². The minimum Gasteiger partial charge on any atom is -0.464 e. The number of imidazole rings is 1. The minimum atomic E-state index is -0.497. The first-order valence-corrected chi connectivity index (χ1v) is 11.2. The van der Waals surface area contributed by atoms with Crippen molar-refractivity contribution < 1.29 is 9.53 Å². The van der Waals surface area contributed by atoms with E-state index in [2.05, 4.69) is 48.5 Å². The number of hydrogen-bond acceptors (Lipinski definition) is 6. The Morgan fingerprint density at radius 1 is 1.22 bits per heavy atom. The zero-order valence-electron chi connectivity index (χ0n) is 17.5. The molecule has 0 radical (unpaired) electrons. The molecule has 166 valence electrons. The van der Waals surface area contributed by atoms with Crippen molar-refractivity contribution in [3.05, 3.63) is 63.2 Å². The summed E-state index contributed by atoms with van der Waals surface area (Å²) in [4.78, 5) is 16.8. The molecule has 0 bridgehead atoms. The van der Waals surface area contributed by atoms with Crippen LogP contribution in [0.2, 0.25) is 5.15 Å². The number of aromatic nitrogens is 7. The number of benzene rings is 1. The molecule has 0 aliphatic heterocycles. The maximum Gasteiger partial charge on any atom is 0.357 e. The number of rotatable bonds is 8. The van der Waals surface area contributed by atoms with Gasteiger partial charge < -0.3 is 13.9 Å². The molecule has 9 nitrogen and oxygen atoms in total. The molecule has 11 heteroatoms. The fraction of sp³-hybridized carbons (Fsp3) is 0.286. The summed E-state index contributed by atoms with van der Waals surface area (Å²) in [6.45, 7) is 2.56. The topological polar surface area (TPSA) is 104 Å². The molecule has 3 heterocycles. The standard InChI is InChI=1S/C21H21BrClN7O2/c1-3-4-5-17-24-19(23)18(21(31)32-2)29(17)12-13-6-8-14(9-7-13)30-15(10-11-16(30)22)20-25-27-28-26-20/h6-11H,3-5,12H2,1-2H3,(H,25,26,27,28). The second-order valence-electron chi connectivity index (χ2n) is 7.14. The number of nitrogens with zero attached hydrogens (tertiary/aromatic N) is 6. The molecule has 0 atom stereocenters. The number of aryl methyl sites for hydroxylation is 1. The monoisotopic (exact) mass is 517 g/mol. The van der Waals surface area contributed by atoms with Gasteiger partial charge in [-0.05, 0) is 62.6 Å². The molecule has 0 unspecified atom stereocenters. The number of unbranched alkanes of at least 4 members (excludes halogenated alkanes) is 1. The SMILES string of the molecule is CCCCc1nc(Cl)c(C(=O)OC)n1Cc1ccc(-n2c(Br)ccc2-c2nnn[nH]2)cc1. The van der Waals surface area contributed by atoms with Crippen molar-refractivity contribution >= 4 is 33.5 Å². The Bertz CT molecular complexity index is 1220. The molecular weight excluding hydrogens is 498 g/mol. The minimum absolute atomic E-state index is 0.168. The first-order valence-electron chi connectivity index (χ1n) is 10.1. The average Bonchev–Trinajstić information content (AvgIpc) is 3.52. The van der Waals surface area contributed by atoms with Crippen molar-refractivity contribution in [1.82, 2.24) is 34.7 Å². The van der Waals surface area contributed by atoms with E-state index in [1.807, 2.05) is 45.5 Å². The summed E-state index contributed by atoms with van der Waals surface area (Å²) in [6, 6.07) is 11.9. The van der Waals surface area contributed by atoms with Gasteiger partial charge in [-0.25, -0.2) is 14.9 Å². The van der Waals surface area contributed by atoms with Crippen LogP contribution in [-0.2, 0) is 17.7 Å². The van der Waals surface area contributed by atoms with Gasteiger partial charge in [0.15, 0.2) is 16.7 Å². The first-order chi connectivity index (χ1) is 15.5. The second-order valence-corrected chi connectivity index (χ2v) is 8.31. The molecule has 0 aliphatic carbocycles. The normalized spacial score (nSPS) is 11.1. The third-order valence-corrected chi connectivity index (χ3v) is 5.98. The summed E-state index contributed by atoms with van der Waals surface area (Å²) < 4.78 is 9.64. The first kappa shape index (κ1) is 22.2. The Morgan fingerprint density at radius 2 is 2.00 bits per heavy atom. The molecule has 3 aromatic heterocycles. The third-order valence-electron chi connectivity index (χ3n) is 5.09. The zero-order valence-corrected chi connectivity index (χ0v) is 19.9. The molecule has 4 aromatic rings. The van der Waals surface area contributed by atoms with Crippen LogP contribution in [0.1, 0.15) is 41.6 Å². The lowest BCUT2D eigenvalue weighted by Gasteiger charge is -2.13. The lowest BCUT2D eigenvalue weighted by molar-refractivity contribution is 0.0589. The number of hydrogen-bond donors (Lipinski definition) is 1. The van der Waals surface area contributed by atoms with Gasteiger partial charge in [0.1, 0.15) is 5.82 Å². The zero-order chi connectivity index (χ0) is 22.7. The van der Waals surface area contributed by atoms with Gasteiger partial charge in [-0.15, -0.1) is 5.10 Å². The molecule has 0 amide bonds. The maximum atomic E-state index is 12.3. The van der Waals surface area contributed by atoms with Crippen LogP contribution < -0.4 is 0 Å².